The van der Waals surface area contributed by atoms with E-state index in [1.165, 1.54) is 0 Å². The van der Waals surface area contributed by atoms with Crippen LogP contribution in [0.3, 0.4) is 0 Å². The highest BCUT2D eigenvalue weighted by Gasteiger charge is 2.32. The molecule has 0 aromatic heterocycles. The molecule has 0 radical (unpaired) electrons. The van der Waals surface area contributed by atoms with Crippen molar-refractivity contribution in [2.24, 2.45) is 5.92 Å². The van der Waals surface area contributed by atoms with E-state index in [0.717, 1.165) is 50.0 Å². The Morgan fingerprint density at radius 1 is 1.26 bits per heavy atom. The second-order valence-corrected chi connectivity index (χ2v) is 6.77. The van der Waals surface area contributed by atoms with Gasteiger partial charge in [0.05, 0.1) is 6.54 Å². The van der Waals surface area contributed by atoms with Crippen molar-refractivity contribution in [3.63, 3.8) is 0 Å². The second-order valence-electron chi connectivity index (χ2n) is 6.77. The number of piperidine rings is 1. The van der Waals surface area contributed by atoms with Crippen molar-refractivity contribution in [3.8, 4) is 0 Å². The van der Waals surface area contributed by atoms with Gasteiger partial charge in [0.1, 0.15) is 0 Å². The van der Waals surface area contributed by atoms with E-state index < -0.39 is 0 Å². The molecule has 124 valence electrons. The van der Waals surface area contributed by atoms with Crippen LogP contribution < -0.4 is 10.6 Å². The summed E-state index contributed by atoms with van der Waals surface area (Å²) in [7, 11) is 0. The second kappa shape index (κ2) is 7.13. The molecule has 1 heterocycles. The summed E-state index contributed by atoms with van der Waals surface area (Å²) < 4.78 is 0. The van der Waals surface area contributed by atoms with Gasteiger partial charge in [-0.25, -0.2) is 0 Å². The van der Waals surface area contributed by atoms with Crippen LogP contribution in [0, 0.1) is 12.8 Å². The summed E-state index contributed by atoms with van der Waals surface area (Å²) in [6, 6.07) is 8.00. The van der Waals surface area contributed by atoms with Crippen LogP contribution in [0.5, 0.6) is 0 Å². The number of amides is 2. The minimum atomic E-state index is 0.00442. The molecule has 1 unspecified atom stereocenters. The van der Waals surface area contributed by atoms with Crippen LogP contribution in [0.15, 0.2) is 24.3 Å². The predicted octanol–water partition coefficient (Wildman–Crippen LogP) is 1.92. The molecular formula is C18H25N3O2. The van der Waals surface area contributed by atoms with E-state index in [0.29, 0.717) is 6.54 Å². The number of benzene rings is 1. The zero-order valence-corrected chi connectivity index (χ0v) is 13.7. The molecule has 1 aromatic carbocycles. The Hall–Kier alpha value is -1.88. The molecule has 2 amide bonds. The van der Waals surface area contributed by atoms with Gasteiger partial charge in [0.25, 0.3) is 0 Å². The lowest BCUT2D eigenvalue weighted by Crippen LogP contribution is -2.49. The summed E-state index contributed by atoms with van der Waals surface area (Å²) in [4.78, 5) is 26.2. The zero-order chi connectivity index (χ0) is 16.2. The van der Waals surface area contributed by atoms with Gasteiger partial charge in [0.15, 0.2) is 0 Å². The number of carbonyl (C=O) groups is 2. The van der Waals surface area contributed by atoms with Gasteiger partial charge >= 0.3 is 0 Å². The van der Waals surface area contributed by atoms with E-state index in [-0.39, 0.29) is 23.8 Å². The zero-order valence-electron chi connectivity index (χ0n) is 13.7. The fourth-order valence-corrected chi connectivity index (χ4v) is 3.11. The Bertz CT molecular complexity index is 583. The fraction of sp³-hybridized carbons (Fsp3) is 0.556. The van der Waals surface area contributed by atoms with Gasteiger partial charge in [-0.2, -0.15) is 0 Å². The Morgan fingerprint density at radius 3 is 2.83 bits per heavy atom. The maximum Gasteiger partial charge on any atom is 0.238 e. The Balaban J connectivity index is 1.46. The summed E-state index contributed by atoms with van der Waals surface area (Å²) >= 11 is 0. The summed E-state index contributed by atoms with van der Waals surface area (Å²) in [5.41, 5.74) is 1.97. The van der Waals surface area contributed by atoms with E-state index in [1.807, 2.05) is 31.2 Å². The predicted molar refractivity (Wildman–Crippen MR) is 90.1 cm³/mol. The molecule has 23 heavy (non-hydrogen) atoms. The molecule has 5 nitrogen and oxygen atoms in total. The highest BCUT2D eigenvalue weighted by Crippen LogP contribution is 2.29. The number of rotatable bonds is 5. The van der Waals surface area contributed by atoms with Gasteiger partial charge in [0, 0.05) is 24.2 Å². The van der Waals surface area contributed by atoms with Gasteiger partial charge in [-0.05, 0) is 56.8 Å². The average molecular weight is 315 g/mol. The van der Waals surface area contributed by atoms with Gasteiger partial charge in [0.2, 0.25) is 11.8 Å². The number of nitrogens with one attached hydrogen (secondary N) is 2. The molecule has 3 rings (SSSR count). The molecule has 0 spiro atoms. The molecule has 1 aliphatic heterocycles. The summed E-state index contributed by atoms with van der Waals surface area (Å²) in [6.07, 6.45) is 4.09. The first-order valence-corrected chi connectivity index (χ1v) is 8.49. The van der Waals surface area contributed by atoms with Crippen LogP contribution in [0.25, 0.3) is 0 Å². The molecule has 2 fully saturated rings. The van der Waals surface area contributed by atoms with Crippen LogP contribution in [-0.4, -0.2) is 42.4 Å². The smallest absolute Gasteiger partial charge is 0.238 e. The normalized spacial score (nSPS) is 21.7. The van der Waals surface area contributed by atoms with E-state index in [2.05, 4.69) is 15.5 Å². The van der Waals surface area contributed by atoms with E-state index in [9.17, 15) is 9.59 Å². The van der Waals surface area contributed by atoms with Crippen molar-refractivity contribution in [2.45, 2.75) is 38.6 Å². The maximum absolute atomic E-state index is 12.2. The number of likely N-dealkylation sites (tertiary alicyclic amines) is 1. The molecule has 5 heteroatoms. The third-order valence-corrected chi connectivity index (χ3v) is 4.47. The van der Waals surface area contributed by atoms with E-state index >= 15 is 0 Å². The molecule has 1 saturated heterocycles. The number of carbonyl (C=O) groups excluding carboxylic acids is 2. The summed E-state index contributed by atoms with van der Waals surface area (Å²) in [5.74, 6) is 0.445. The largest absolute Gasteiger partial charge is 0.352 e. The van der Waals surface area contributed by atoms with Crippen LogP contribution in [0.2, 0.25) is 0 Å². The van der Waals surface area contributed by atoms with Crippen molar-refractivity contribution in [1.29, 1.82) is 0 Å². The Labute approximate surface area is 137 Å². The third-order valence-electron chi connectivity index (χ3n) is 4.47. The van der Waals surface area contributed by atoms with Crippen LogP contribution in [0.4, 0.5) is 5.69 Å². The van der Waals surface area contributed by atoms with E-state index in [4.69, 9.17) is 0 Å². The molecule has 1 aromatic rings. The number of nitrogens with zero attached hydrogens (tertiary/aromatic N) is 1. The lowest BCUT2D eigenvalue weighted by molar-refractivity contribution is -0.123. The van der Waals surface area contributed by atoms with Gasteiger partial charge < -0.3 is 10.6 Å². The van der Waals surface area contributed by atoms with Crippen LogP contribution in [0.1, 0.15) is 31.2 Å². The first kappa shape index (κ1) is 16.0. The molecule has 2 N–H and O–H groups in total. The molecule has 1 saturated carbocycles. The molecule has 2 aliphatic rings. The summed E-state index contributed by atoms with van der Waals surface area (Å²) in [6.45, 7) is 4.06. The van der Waals surface area contributed by atoms with Crippen molar-refractivity contribution < 1.29 is 9.59 Å². The highest BCUT2D eigenvalue weighted by molar-refractivity contribution is 5.92. The van der Waals surface area contributed by atoms with Crippen LogP contribution in [-0.2, 0) is 9.59 Å². The lowest BCUT2D eigenvalue weighted by Gasteiger charge is -2.32. The minimum Gasteiger partial charge on any atom is -0.352 e. The van der Waals surface area contributed by atoms with E-state index in [1.54, 1.807) is 0 Å². The number of hydrogen-bond donors (Lipinski definition) is 2. The molecular weight excluding hydrogens is 290 g/mol. The molecule has 1 aliphatic carbocycles. The standard InChI is InChI=1S/C18H25N3O2/c1-13-4-2-5-15(10-13)19-17(22)12-21-9-3-6-16(11-21)20-18(23)14-7-8-14/h2,4-5,10,14,16H,3,6-9,11-12H2,1H3,(H,19,22)(H,20,23). The van der Waals surface area contributed by atoms with Crippen molar-refractivity contribution >= 4 is 17.5 Å². The molecule has 1 atom stereocenters. The fourth-order valence-electron chi connectivity index (χ4n) is 3.11. The van der Waals surface area contributed by atoms with Gasteiger partial charge in [-0.1, -0.05) is 12.1 Å². The Morgan fingerprint density at radius 2 is 2.09 bits per heavy atom. The number of aryl methyl sites for hydroxylation is 1. The average Bonchev–Trinajstić information content (AvgIpc) is 3.32. The SMILES string of the molecule is Cc1cccc(NC(=O)CN2CCCC(NC(=O)C3CC3)C2)c1. The third kappa shape index (κ3) is 4.79. The molecule has 0 bridgehead atoms. The first-order chi connectivity index (χ1) is 11.1. The lowest BCUT2D eigenvalue weighted by atomic mass is 10.1. The van der Waals surface area contributed by atoms with Gasteiger partial charge in [-0.3, -0.25) is 14.5 Å². The van der Waals surface area contributed by atoms with Crippen molar-refractivity contribution in [1.82, 2.24) is 10.2 Å². The monoisotopic (exact) mass is 315 g/mol. The number of anilines is 1. The van der Waals surface area contributed by atoms with Gasteiger partial charge in [-0.15, -0.1) is 0 Å². The maximum atomic E-state index is 12.2. The first-order valence-electron chi connectivity index (χ1n) is 8.49. The minimum absolute atomic E-state index is 0.00442. The van der Waals surface area contributed by atoms with Crippen molar-refractivity contribution in [2.75, 3.05) is 25.0 Å². The quantitative estimate of drug-likeness (QED) is 0.873. The highest BCUT2D eigenvalue weighted by atomic mass is 16.2. The number of hydrogen-bond acceptors (Lipinski definition) is 3. The summed E-state index contributed by atoms with van der Waals surface area (Å²) in [5, 5.41) is 6.07. The van der Waals surface area contributed by atoms with Crippen molar-refractivity contribution in [3.05, 3.63) is 29.8 Å². The van der Waals surface area contributed by atoms with Crippen LogP contribution >= 0.6 is 0 Å². The topological polar surface area (TPSA) is 61.4 Å². The Kier molecular flexibility index (Phi) is 4.96.